The Morgan fingerprint density at radius 1 is 1.14 bits per heavy atom. The van der Waals surface area contributed by atoms with E-state index in [9.17, 15) is 22.4 Å². The van der Waals surface area contributed by atoms with E-state index in [1.165, 1.54) is 29.4 Å². The van der Waals surface area contributed by atoms with Crippen molar-refractivity contribution in [3.05, 3.63) is 57.9 Å². The number of esters is 1. The summed E-state index contributed by atoms with van der Waals surface area (Å²) in [5, 5.41) is 2.55. The van der Waals surface area contributed by atoms with Gasteiger partial charge in [-0.3, -0.25) is 0 Å². The van der Waals surface area contributed by atoms with Crippen molar-refractivity contribution in [1.82, 2.24) is 19.6 Å². The molecule has 10 nitrogen and oxygen atoms in total. The molecule has 2 bridgehead atoms. The van der Waals surface area contributed by atoms with Crippen LogP contribution in [0.4, 0.5) is 9.18 Å². The van der Waals surface area contributed by atoms with Crippen LogP contribution in [0.2, 0.25) is 5.02 Å². The molecule has 14 heteroatoms. The minimum absolute atomic E-state index is 0.0492. The monoisotopic (exact) mass is 710 g/mol. The maximum atomic E-state index is 14.1. The molecule has 2 aliphatic heterocycles. The zero-order valence-electron chi connectivity index (χ0n) is 24.6. The third-order valence-corrected chi connectivity index (χ3v) is 10.7. The molecule has 0 radical (unpaired) electrons. The normalized spacial score (nSPS) is 21.1. The number of halogens is 3. The Labute approximate surface area is 268 Å². The number of aromatic amines is 1. The predicted octanol–water partition coefficient (Wildman–Crippen LogP) is 6.44. The number of amides is 1. The molecule has 2 fully saturated rings. The number of alkyl carbamates (subject to hydrolysis) is 1. The smallest absolute Gasteiger partial charge is 0.408 e. The summed E-state index contributed by atoms with van der Waals surface area (Å²) in [5.74, 6) is -0.631. The summed E-state index contributed by atoms with van der Waals surface area (Å²) < 4.78 is 54.8. The minimum atomic E-state index is -4.03. The number of sulfonamides is 1. The Hall–Kier alpha value is -3.00. The average Bonchev–Trinajstić information content (AvgIpc) is 3.53. The molecule has 2 aromatic carbocycles. The van der Waals surface area contributed by atoms with Crippen molar-refractivity contribution in [2.24, 2.45) is 0 Å². The number of aromatic nitrogens is 2. The van der Waals surface area contributed by atoms with E-state index in [4.69, 9.17) is 21.1 Å². The second-order valence-corrected chi connectivity index (χ2v) is 15.1. The number of imidazole rings is 1. The lowest BCUT2D eigenvalue weighted by Gasteiger charge is -2.37. The largest absolute Gasteiger partial charge is 0.461 e. The molecular formula is C30H33BrClFN4O6S. The molecule has 44 heavy (non-hydrogen) atoms. The predicted molar refractivity (Wildman–Crippen MR) is 166 cm³/mol. The standard InChI is InChI=1S/C30H33BrClFN4O6S/c1-16(35-29(39)43-30(2,3)4)28(38)42-21-13-19-7-8-20(14-21)37(19)44(40,41)26-12-18(6-10-23(26)32)27-34-15-25(36-27)17-5-9-22(31)24(33)11-17/h5-6,9-12,15-16,19-21H,7-8,13-14H2,1-4H3,(H,34,36)(H,35,39)/t16-,19+,20?,21-/m0/s1. The third kappa shape index (κ3) is 6.95. The van der Waals surface area contributed by atoms with Crippen LogP contribution in [-0.4, -0.2) is 64.6 Å². The summed E-state index contributed by atoms with van der Waals surface area (Å²) in [4.78, 5) is 32.2. The second-order valence-electron chi connectivity index (χ2n) is 12.0. The van der Waals surface area contributed by atoms with Crippen molar-refractivity contribution in [3.8, 4) is 22.6 Å². The molecule has 3 heterocycles. The van der Waals surface area contributed by atoms with E-state index in [0.717, 1.165) is 0 Å². The number of hydrogen-bond acceptors (Lipinski definition) is 7. The van der Waals surface area contributed by atoms with Gasteiger partial charge < -0.3 is 19.8 Å². The molecule has 2 aliphatic rings. The lowest BCUT2D eigenvalue weighted by Crippen LogP contribution is -2.50. The van der Waals surface area contributed by atoms with Crippen molar-refractivity contribution in [2.45, 2.75) is 88.1 Å². The Bertz CT molecular complexity index is 1680. The SMILES string of the molecule is C[C@H](NC(=O)OC(C)(C)C)C(=O)O[C@@H]1CC2CC[C@H](C1)N2S(=O)(=O)c1cc(-c2ncc(-c3ccc(Br)c(F)c3)[nH]2)ccc1Cl. The van der Waals surface area contributed by atoms with Crippen LogP contribution in [0.5, 0.6) is 0 Å². The molecule has 236 valence electrons. The number of rotatable bonds is 7. The molecule has 5 rings (SSSR count). The lowest BCUT2D eigenvalue weighted by molar-refractivity contribution is -0.153. The molecule has 2 N–H and O–H groups in total. The lowest BCUT2D eigenvalue weighted by atomic mass is 10.0. The van der Waals surface area contributed by atoms with E-state index < -0.39 is 45.6 Å². The highest BCUT2D eigenvalue weighted by Crippen LogP contribution is 2.42. The first-order chi connectivity index (χ1) is 20.6. The first-order valence-electron chi connectivity index (χ1n) is 14.2. The van der Waals surface area contributed by atoms with Crippen molar-refractivity contribution in [1.29, 1.82) is 0 Å². The summed E-state index contributed by atoms with van der Waals surface area (Å²) in [6.45, 7) is 6.67. The maximum Gasteiger partial charge on any atom is 0.408 e. The van der Waals surface area contributed by atoms with Gasteiger partial charge in [0.05, 0.1) is 21.4 Å². The Morgan fingerprint density at radius 3 is 2.43 bits per heavy atom. The molecule has 0 aliphatic carbocycles. The van der Waals surface area contributed by atoms with E-state index in [-0.39, 0.29) is 22.0 Å². The molecule has 3 aromatic rings. The summed E-state index contributed by atoms with van der Waals surface area (Å²) >= 11 is 9.60. The minimum Gasteiger partial charge on any atom is -0.461 e. The number of benzene rings is 2. The number of H-pyrrole nitrogens is 1. The third-order valence-electron chi connectivity index (χ3n) is 7.56. The van der Waals surface area contributed by atoms with Crippen molar-refractivity contribution in [3.63, 3.8) is 0 Å². The van der Waals surface area contributed by atoms with Crippen LogP contribution >= 0.6 is 27.5 Å². The zero-order valence-corrected chi connectivity index (χ0v) is 27.7. The van der Waals surface area contributed by atoms with Gasteiger partial charge in [-0.2, -0.15) is 4.31 Å². The van der Waals surface area contributed by atoms with Crippen LogP contribution in [0.3, 0.4) is 0 Å². The average molecular weight is 712 g/mol. The zero-order chi connectivity index (χ0) is 32.0. The van der Waals surface area contributed by atoms with E-state index in [0.29, 0.717) is 52.8 Å². The van der Waals surface area contributed by atoms with Crippen LogP contribution in [0, 0.1) is 5.82 Å². The second kappa shape index (κ2) is 12.4. The number of piperidine rings is 1. The highest BCUT2D eigenvalue weighted by molar-refractivity contribution is 9.10. The highest BCUT2D eigenvalue weighted by atomic mass is 79.9. The van der Waals surface area contributed by atoms with Gasteiger partial charge >= 0.3 is 12.1 Å². The Kier molecular flexibility index (Phi) is 9.14. The number of carbonyl (C=O) groups excluding carboxylic acids is 2. The van der Waals surface area contributed by atoms with E-state index in [1.807, 2.05) is 0 Å². The van der Waals surface area contributed by atoms with E-state index >= 15 is 0 Å². The van der Waals surface area contributed by atoms with Gasteiger partial charge in [0, 0.05) is 36.1 Å². The number of ether oxygens (including phenoxy) is 2. The number of hydrogen-bond donors (Lipinski definition) is 2. The summed E-state index contributed by atoms with van der Waals surface area (Å²) in [5.41, 5.74) is 0.937. The topological polar surface area (TPSA) is 131 Å². The first-order valence-corrected chi connectivity index (χ1v) is 16.8. The van der Waals surface area contributed by atoms with Crippen LogP contribution in [0.25, 0.3) is 22.6 Å². The Balaban J connectivity index is 1.29. The van der Waals surface area contributed by atoms with Crippen molar-refractivity contribution in [2.75, 3.05) is 0 Å². The highest BCUT2D eigenvalue weighted by Gasteiger charge is 2.49. The van der Waals surface area contributed by atoms with Crippen molar-refractivity contribution < 1.29 is 31.9 Å². The van der Waals surface area contributed by atoms with Gasteiger partial charge in [0.25, 0.3) is 0 Å². The van der Waals surface area contributed by atoms with Gasteiger partial charge in [0.15, 0.2) is 0 Å². The number of nitrogens with one attached hydrogen (secondary N) is 2. The van der Waals surface area contributed by atoms with Crippen LogP contribution < -0.4 is 5.32 Å². The molecule has 1 aromatic heterocycles. The summed E-state index contributed by atoms with van der Waals surface area (Å²) in [7, 11) is -4.03. The van der Waals surface area contributed by atoms with Gasteiger partial charge in [0.1, 0.15) is 34.3 Å². The molecule has 2 saturated heterocycles. The first kappa shape index (κ1) is 32.4. The van der Waals surface area contributed by atoms with Gasteiger partial charge in [-0.25, -0.2) is 27.4 Å². The van der Waals surface area contributed by atoms with Crippen LogP contribution in [0.15, 0.2) is 52.0 Å². The molecular weight excluding hydrogens is 679 g/mol. The fourth-order valence-corrected chi connectivity index (χ4v) is 8.26. The summed E-state index contributed by atoms with van der Waals surface area (Å²) in [6, 6.07) is 7.66. The number of carbonyl (C=O) groups is 2. The number of nitrogens with zero attached hydrogens (tertiary/aromatic N) is 2. The molecule has 1 unspecified atom stereocenters. The van der Waals surface area contributed by atoms with Crippen LogP contribution in [0.1, 0.15) is 53.4 Å². The maximum absolute atomic E-state index is 14.1. The number of fused-ring (bicyclic) bond motifs is 2. The fraction of sp³-hybridized carbons (Fsp3) is 0.433. The Morgan fingerprint density at radius 2 is 1.80 bits per heavy atom. The molecule has 1 amide bonds. The van der Waals surface area contributed by atoms with Crippen molar-refractivity contribution >= 4 is 49.6 Å². The van der Waals surface area contributed by atoms with Crippen LogP contribution in [-0.2, 0) is 24.3 Å². The fourth-order valence-electron chi connectivity index (χ4n) is 5.62. The van der Waals surface area contributed by atoms with E-state index in [2.05, 4.69) is 31.2 Å². The van der Waals surface area contributed by atoms with Gasteiger partial charge in [-0.15, -0.1) is 0 Å². The quantitative estimate of drug-likeness (QED) is 0.270. The molecule has 0 saturated carbocycles. The van der Waals surface area contributed by atoms with Gasteiger partial charge in [0.2, 0.25) is 10.0 Å². The molecule has 4 atom stereocenters. The molecule has 0 spiro atoms. The van der Waals surface area contributed by atoms with Gasteiger partial charge in [-0.05, 0) is 86.8 Å². The van der Waals surface area contributed by atoms with E-state index in [1.54, 1.807) is 45.2 Å². The van der Waals surface area contributed by atoms with Gasteiger partial charge in [-0.1, -0.05) is 17.7 Å². The summed E-state index contributed by atoms with van der Waals surface area (Å²) in [6.07, 6.45) is 2.21.